The Bertz CT molecular complexity index is 371. The average molecular weight is 239 g/mol. The van der Waals surface area contributed by atoms with Crippen LogP contribution in [0.1, 0.15) is 26.1 Å². The largest absolute Gasteiger partial charge is 0.467 e. The van der Waals surface area contributed by atoms with E-state index in [-0.39, 0.29) is 24.2 Å². The third-order valence-electron chi connectivity index (χ3n) is 2.00. The molecule has 0 saturated carbocycles. The van der Waals surface area contributed by atoms with Crippen molar-refractivity contribution >= 4 is 5.78 Å². The van der Waals surface area contributed by atoms with Crippen LogP contribution < -0.4 is 9.47 Å². The number of aromatic nitrogens is 3. The molecule has 0 spiro atoms. The molecule has 1 aromatic heterocycles. The lowest BCUT2D eigenvalue weighted by molar-refractivity contribution is -0.119. The summed E-state index contributed by atoms with van der Waals surface area (Å²) in [5.41, 5.74) is 0. The zero-order valence-electron chi connectivity index (χ0n) is 10.6. The van der Waals surface area contributed by atoms with Crippen molar-refractivity contribution in [1.29, 1.82) is 0 Å². The molecule has 0 fully saturated rings. The Balaban J connectivity index is 2.79. The Morgan fingerprint density at radius 2 is 1.65 bits per heavy atom. The molecule has 0 atom stereocenters. The second-order valence-electron chi connectivity index (χ2n) is 4.04. The van der Waals surface area contributed by atoms with Gasteiger partial charge in [0, 0.05) is 6.42 Å². The predicted octanol–water partition coefficient (Wildman–Crippen LogP) is 1.05. The van der Waals surface area contributed by atoms with Gasteiger partial charge in [-0.3, -0.25) is 4.79 Å². The standard InChI is InChI=1S/C11H17N3O3/c1-7(2)5-8(15)6-9-12-10(16-3)14-11(13-9)17-4/h7H,5-6H2,1-4H3. The fourth-order valence-corrected chi connectivity index (χ4v) is 1.34. The van der Waals surface area contributed by atoms with E-state index in [1.54, 1.807) is 0 Å². The second kappa shape index (κ2) is 6.12. The zero-order valence-corrected chi connectivity index (χ0v) is 10.6. The highest BCUT2D eigenvalue weighted by Gasteiger charge is 2.12. The summed E-state index contributed by atoms with van der Waals surface area (Å²) in [6.45, 7) is 3.99. The monoisotopic (exact) mass is 239 g/mol. The van der Waals surface area contributed by atoms with Gasteiger partial charge in [0.2, 0.25) is 0 Å². The van der Waals surface area contributed by atoms with Crippen molar-refractivity contribution in [3.63, 3.8) is 0 Å². The number of ether oxygens (including phenoxy) is 2. The van der Waals surface area contributed by atoms with E-state index in [9.17, 15) is 4.79 Å². The summed E-state index contributed by atoms with van der Waals surface area (Å²) >= 11 is 0. The summed E-state index contributed by atoms with van der Waals surface area (Å²) in [7, 11) is 2.91. The summed E-state index contributed by atoms with van der Waals surface area (Å²) in [4.78, 5) is 23.5. The van der Waals surface area contributed by atoms with Crippen molar-refractivity contribution < 1.29 is 14.3 Å². The molecule has 94 valence electrons. The lowest BCUT2D eigenvalue weighted by Crippen LogP contribution is -2.11. The molecular formula is C11H17N3O3. The molecule has 6 heteroatoms. The van der Waals surface area contributed by atoms with E-state index >= 15 is 0 Å². The highest BCUT2D eigenvalue weighted by Crippen LogP contribution is 2.10. The maximum Gasteiger partial charge on any atom is 0.322 e. The molecule has 17 heavy (non-hydrogen) atoms. The van der Waals surface area contributed by atoms with Crippen LogP contribution in [0.5, 0.6) is 12.0 Å². The fraction of sp³-hybridized carbons (Fsp3) is 0.636. The van der Waals surface area contributed by atoms with Gasteiger partial charge in [0.25, 0.3) is 0 Å². The molecule has 0 radical (unpaired) electrons. The van der Waals surface area contributed by atoms with Crippen LogP contribution in [-0.4, -0.2) is 35.0 Å². The highest BCUT2D eigenvalue weighted by molar-refractivity contribution is 5.80. The summed E-state index contributed by atoms with van der Waals surface area (Å²) in [6.07, 6.45) is 0.684. The zero-order chi connectivity index (χ0) is 12.8. The van der Waals surface area contributed by atoms with Crippen molar-refractivity contribution in [2.75, 3.05) is 14.2 Å². The highest BCUT2D eigenvalue weighted by atomic mass is 16.5. The second-order valence-corrected chi connectivity index (χ2v) is 4.04. The van der Waals surface area contributed by atoms with E-state index in [1.807, 2.05) is 13.8 Å². The minimum absolute atomic E-state index is 0.0929. The third-order valence-corrected chi connectivity index (χ3v) is 2.00. The molecule has 0 amide bonds. The van der Waals surface area contributed by atoms with Crippen LogP contribution >= 0.6 is 0 Å². The number of rotatable bonds is 6. The van der Waals surface area contributed by atoms with Gasteiger partial charge < -0.3 is 9.47 Å². The van der Waals surface area contributed by atoms with Crippen molar-refractivity contribution in [3.8, 4) is 12.0 Å². The van der Waals surface area contributed by atoms with Gasteiger partial charge in [-0.05, 0) is 5.92 Å². The van der Waals surface area contributed by atoms with E-state index in [0.717, 1.165) is 0 Å². The first-order valence-corrected chi connectivity index (χ1v) is 5.39. The van der Waals surface area contributed by atoms with Crippen LogP contribution in [0, 0.1) is 5.92 Å². The Morgan fingerprint density at radius 3 is 2.06 bits per heavy atom. The summed E-state index contributed by atoms with van der Waals surface area (Å²) in [6, 6.07) is 0.313. The van der Waals surface area contributed by atoms with Crippen LogP contribution in [0.2, 0.25) is 0 Å². The van der Waals surface area contributed by atoms with Crippen molar-refractivity contribution in [2.45, 2.75) is 26.7 Å². The molecule has 0 N–H and O–H groups in total. The molecule has 1 aromatic rings. The fourth-order valence-electron chi connectivity index (χ4n) is 1.34. The number of nitrogens with zero attached hydrogens (tertiary/aromatic N) is 3. The van der Waals surface area contributed by atoms with Crippen LogP contribution in [0.15, 0.2) is 0 Å². The smallest absolute Gasteiger partial charge is 0.322 e. The molecule has 0 unspecified atom stereocenters. The molecule has 1 rings (SSSR count). The van der Waals surface area contributed by atoms with Crippen LogP contribution in [0.3, 0.4) is 0 Å². The van der Waals surface area contributed by atoms with Crippen LogP contribution in [0.25, 0.3) is 0 Å². The molecule has 0 aliphatic heterocycles. The molecule has 6 nitrogen and oxygen atoms in total. The predicted molar refractivity (Wildman–Crippen MR) is 61.1 cm³/mol. The first-order valence-electron chi connectivity index (χ1n) is 5.39. The van der Waals surface area contributed by atoms with Gasteiger partial charge in [-0.15, -0.1) is 4.98 Å². The van der Waals surface area contributed by atoms with Gasteiger partial charge in [0.05, 0.1) is 20.6 Å². The first kappa shape index (κ1) is 13.3. The van der Waals surface area contributed by atoms with E-state index < -0.39 is 0 Å². The third kappa shape index (κ3) is 4.34. The number of methoxy groups -OCH3 is 2. The number of ketones is 1. The van der Waals surface area contributed by atoms with Gasteiger partial charge in [-0.2, -0.15) is 9.97 Å². The lowest BCUT2D eigenvalue weighted by atomic mass is 10.1. The van der Waals surface area contributed by atoms with Gasteiger partial charge in [0.15, 0.2) is 0 Å². The van der Waals surface area contributed by atoms with Crippen molar-refractivity contribution in [1.82, 2.24) is 15.0 Å². The van der Waals surface area contributed by atoms with Crippen LogP contribution in [0.4, 0.5) is 0 Å². The first-order chi connectivity index (χ1) is 8.05. The topological polar surface area (TPSA) is 74.2 Å². The Morgan fingerprint density at radius 1 is 1.12 bits per heavy atom. The van der Waals surface area contributed by atoms with E-state index in [2.05, 4.69) is 15.0 Å². The van der Waals surface area contributed by atoms with Crippen molar-refractivity contribution in [2.24, 2.45) is 5.92 Å². The molecule has 0 aliphatic rings. The Labute approximate surface area is 100 Å². The molecule has 0 bridgehead atoms. The molecule has 0 aromatic carbocycles. The lowest BCUT2D eigenvalue weighted by Gasteiger charge is -2.05. The average Bonchev–Trinajstić information content (AvgIpc) is 2.27. The van der Waals surface area contributed by atoms with Crippen molar-refractivity contribution in [3.05, 3.63) is 5.82 Å². The van der Waals surface area contributed by atoms with Gasteiger partial charge in [-0.25, -0.2) is 0 Å². The maximum absolute atomic E-state index is 11.6. The molecule has 0 saturated heterocycles. The number of hydrogen-bond donors (Lipinski definition) is 0. The summed E-state index contributed by atoms with van der Waals surface area (Å²) < 4.78 is 9.81. The van der Waals surface area contributed by atoms with Gasteiger partial charge in [-0.1, -0.05) is 13.8 Å². The normalized spacial score (nSPS) is 10.4. The Hall–Kier alpha value is -1.72. The molecule has 0 aliphatic carbocycles. The summed E-state index contributed by atoms with van der Waals surface area (Å²) in [5, 5.41) is 0. The number of Topliss-reactive ketones (excluding diaryl/α,β-unsaturated/α-hetero) is 1. The summed E-state index contributed by atoms with van der Waals surface area (Å²) in [5.74, 6) is 0.794. The van der Waals surface area contributed by atoms with Gasteiger partial charge >= 0.3 is 12.0 Å². The minimum atomic E-state index is 0.0929. The SMILES string of the molecule is COc1nc(CC(=O)CC(C)C)nc(OC)n1. The van der Waals surface area contributed by atoms with E-state index in [4.69, 9.17) is 9.47 Å². The van der Waals surface area contributed by atoms with E-state index in [1.165, 1.54) is 14.2 Å². The Kier molecular flexibility index (Phi) is 4.81. The minimum Gasteiger partial charge on any atom is -0.467 e. The number of carbonyl (C=O) groups is 1. The molecule has 1 heterocycles. The number of hydrogen-bond acceptors (Lipinski definition) is 6. The van der Waals surface area contributed by atoms with E-state index in [0.29, 0.717) is 18.2 Å². The maximum atomic E-state index is 11.6. The van der Waals surface area contributed by atoms with Gasteiger partial charge in [0.1, 0.15) is 11.6 Å². The van der Waals surface area contributed by atoms with Crippen LogP contribution in [-0.2, 0) is 11.2 Å². The quantitative estimate of drug-likeness (QED) is 0.738. The molecular weight excluding hydrogens is 222 g/mol. The number of carbonyl (C=O) groups excluding carboxylic acids is 1.